The molecular weight excluding hydrogens is 374 g/mol. The number of carbonyl (C=O) groups is 2. The van der Waals surface area contributed by atoms with Gasteiger partial charge in [-0.15, -0.1) is 0 Å². The first-order valence-corrected chi connectivity index (χ1v) is 11.7. The van der Waals surface area contributed by atoms with Crippen LogP contribution in [-0.2, 0) is 0 Å². The van der Waals surface area contributed by atoms with Crippen molar-refractivity contribution in [2.24, 2.45) is 5.92 Å². The fourth-order valence-electron chi connectivity index (χ4n) is 3.61. The minimum absolute atomic E-state index is 0.105. The summed E-state index contributed by atoms with van der Waals surface area (Å²) in [7, 11) is 0. The Labute approximate surface area is 183 Å². The van der Waals surface area contributed by atoms with Gasteiger partial charge in [0.1, 0.15) is 0 Å². The highest BCUT2D eigenvalue weighted by Gasteiger charge is 2.21. The first-order valence-electron chi connectivity index (χ1n) is 11.7. The molecule has 1 aromatic carbocycles. The van der Waals surface area contributed by atoms with Gasteiger partial charge in [-0.05, 0) is 43.2 Å². The van der Waals surface area contributed by atoms with E-state index in [-0.39, 0.29) is 17.0 Å². The van der Waals surface area contributed by atoms with Crippen molar-refractivity contribution in [3.05, 3.63) is 40.5 Å². The Hall–Kier alpha value is -2.10. The minimum atomic E-state index is -1.05. The highest BCUT2D eigenvalue weighted by molar-refractivity contribution is 6.07. The van der Waals surface area contributed by atoms with Gasteiger partial charge < -0.3 is 10.4 Å². The predicted molar refractivity (Wildman–Crippen MR) is 126 cm³/mol. The Morgan fingerprint density at radius 1 is 1.00 bits per heavy atom. The number of unbranched alkanes of at least 4 members (excludes halogenated alkanes) is 7. The van der Waals surface area contributed by atoms with Crippen molar-refractivity contribution in [2.75, 3.05) is 6.54 Å². The van der Waals surface area contributed by atoms with Gasteiger partial charge in [0, 0.05) is 6.54 Å². The van der Waals surface area contributed by atoms with Crippen LogP contribution in [0.4, 0.5) is 0 Å². The summed E-state index contributed by atoms with van der Waals surface area (Å²) >= 11 is 0. The molecule has 1 aromatic rings. The lowest BCUT2D eigenvalue weighted by Gasteiger charge is -2.13. The molecule has 0 spiro atoms. The van der Waals surface area contributed by atoms with Crippen molar-refractivity contribution in [3.8, 4) is 0 Å². The molecule has 0 saturated heterocycles. The molecule has 1 amide bonds. The number of hydrogen-bond acceptors (Lipinski definition) is 2. The number of aromatic carboxylic acids is 1. The molecule has 2 N–H and O–H groups in total. The van der Waals surface area contributed by atoms with Crippen LogP contribution in [0.2, 0.25) is 0 Å². The maximum Gasteiger partial charge on any atom is 0.337 e. The third-order valence-corrected chi connectivity index (χ3v) is 5.40. The number of aryl methyl sites for hydroxylation is 1. The number of nitrogens with one attached hydrogen (secondary N) is 1. The fourth-order valence-corrected chi connectivity index (χ4v) is 3.61. The lowest BCUT2D eigenvalue weighted by molar-refractivity contribution is 0.0690. The zero-order valence-electron chi connectivity index (χ0n) is 19.4. The molecule has 0 aliphatic carbocycles. The van der Waals surface area contributed by atoms with E-state index in [4.69, 9.17) is 0 Å². The molecule has 4 heteroatoms. The van der Waals surface area contributed by atoms with Crippen LogP contribution in [-0.4, -0.2) is 23.5 Å². The Morgan fingerprint density at radius 2 is 1.70 bits per heavy atom. The zero-order chi connectivity index (χ0) is 22.4. The first-order chi connectivity index (χ1) is 14.4. The van der Waals surface area contributed by atoms with Gasteiger partial charge in [-0.1, -0.05) is 90.0 Å². The fraction of sp³-hybridized carbons (Fsp3) is 0.615. The van der Waals surface area contributed by atoms with Gasteiger partial charge in [-0.25, -0.2) is 4.79 Å². The summed E-state index contributed by atoms with van der Waals surface area (Å²) in [5, 5.41) is 12.7. The molecule has 0 unspecified atom stereocenters. The van der Waals surface area contributed by atoms with E-state index in [1.165, 1.54) is 38.5 Å². The van der Waals surface area contributed by atoms with E-state index in [0.717, 1.165) is 25.7 Å². The van der Waals surface area contributed by atoms with Crippen LogP contribution in [0.5, 0.6) is 0 Å². The summed E-state index contributed by atoms with van der Waals surface area (Å²) in [6.07, 6.45) is 15.2. The average Bonchev–Trinajstić information content (AvgIpc) is 2.69. The molecule has 1 rings (SSSR count). The van der Waals surface area contributed by atoms with Crippen LogP contribution in [0, 0.1) is 12.8 Å². The summed E-state index contributed by atoms with van der Waals surface area (Å²) < 4.78 is 0. The number of benzene rings is 1. The highest BCUT2D eigenvalue weighted by Crippen LogP contribution is 2.21. The van der Waals surface area contributed by atoms with Gasteiger partial charge >= 0.3 is 5.97 Å². The largest absolute Gasteiger partial charge is 0.478 e. The van der Waals surface area contributed by atoms with E-state index in [1.807, 2.05) is 18.2 Å². The SMILES string of the molecule is CCCCCCCCNC(=O)c1c(C)ccc(C=CCCCCC(C)C)c1C(=O)O. The summed E-state index contributed by atoms with van der Waals surface area (Å²) in [6.45, 7) is 9.02. The molecular formula is C26H41NO3. The Morgan fingerprint density at radius 3 is 2.37 bits per heavy atom. The lowest BCUT2D eigenvalue weighted by Crippen LogP contribution is -2.27. The van der Waals surface area contributed by atoms with Crippen LogP contribution in [0.1, 0.15) is 117 Å². The maximum atomic E-state index is 12.8. The number of allylic oxidation sites excluding steroid dienone is 1. The zero-order valence-corrected chi connectivity index (χ0v) is 19.4. The number of carboxylic acid groups (broad SMARTS) is 1. The normalized spacial score (nSPS) is 11.4. The molecule has 0 atom stereocenters. The van der Waals surface area contributed by atoms with Gasteiger partial charge in [0.05, 0.1) is 11.1 Å². The van der Waals surface area contributed by atoms with E-state index in [9.17, 15) is 14.7 Å². The quantitative estimate of drug-likeness (QED) is 0.303. The molecule has 4 nitrogen and oxygen atoms in total. The van der Waals surface area contributed by atoms with E-state index >= 15 is 0 Å². The van der Waals surface area contributed by atoms with Crippen molar-refractivity contribution in [1.82, 2.24) is 5.32 Å². The second-order valence-electron chi connectivity index (χ2n) is 8.63. The van der Waals surface area contributed by atoms with Crippen molar-refractivity contribution in [1.29, 1.82) is 0 Å². The number of hydrogen-bond donors (Lipinski definition) is 2. The molecule has 0 heterocycles. The predicted octanol–water partition coefficient (Wildman–Crippen LogP) is 7.01. The topological polar surface area (TPSA) is 66.4 Å². The van der Waals surface area contributed by atoms with Crippen molar-refractivity contribution < 1.29 is 14.7 Å². The van der Waals surface area contributed by atoms with E-state index in [2.05, 4.69) is 26.1 Å². The van der Waals surface area contributed by atoms with Gasteiger partial charge in [0.2, 0.25) is 0 Å². The summed E-state index contributed by atoms with van der Waals surface area (Å²) in [6, 6.07) is 3.64. The molecule has 168 valence electrons. The standard InChI is InChI=1S/C26H41NO3/c1-5-6-7-8-11-14-19-27-25(28)23-21(4)17-18-22(24(23)26(29)30)16-13-10-9-12-15-20(2)3/h13,16-18,20H,5-12,14-15,19H2,1-4H3,(H,27,28)(H,29,30). The van der Waals surface area contributed by atoms with Crippen LogP contribution in [0.25, 0.3) is 6.08 Å². The molecule has 0 aliphatic rings. The van der Waals surface area contributed by atoms with E-state index in [1.54, 1.807) is 13.0 Å². The Kier molecular flexibility index (Phi) is 12.8. The first kappa shape index (κ1) is 25.9. The summed E-state index contributed by atoms with van der Waals surface area (Å²) in [5.41, 5.74) is 1.69. The van der Waals surface area contributed by atoms with Crippen LogP contribution < -0.4 is 5.32 Å². The van der Waals surface area contributed by atoms with Crippen LogP contribution in [0.15, 0.2) is 18.2 Å². The van der Waals surface area contributed by atoms with Gasteiger partial charge in [0.25, 0.3) is 5.91 Å². The molecule has 0 radical (unpaired) electrons. The van der Waals surface area contributed by atoms with Crippen molar-refractivity contribution in [2.45, 2.75) is 91.9 Å². The van der Waals surface area contributed by atoms with Crippen molar-refractivity contribution >= 4 is 18.0 Å². The van der Waals surface area contributed by atoms with Gasteiger partial charge in [0.15, 0.2) is 0 Å². The monoisotopic (exact) mass is 415 g/mol. The van der Waals surface area contributed by atoms with Crippen molar-refractivity contribution in [3.63, 3.8) is 0 Å². The van der Waals surface area contributed by atoms with Gasteiger partial charge in [-0.3, -0.25) is 4.79 Å². The smallest absolute Gasteiger partial charge is 0.337 e. The summed E-state index contributed by atoms with van der Waals surface area (Å²) in [4.78, 5) is 24.7. The Bertz CT molecular complexity index is 692. The molecule has 30 heavy (non-hydrogen) atoms. The van der Waals surface area contributed by atoms with Crippen LogP contribution in [0.3, 0.4) is 0 Å². The Balaban J connectivity index is 2.74. The molecule has 0 bridgehead atoms. The molecule has 0 aliphatic heterocycles. The lowest BCUT2D eigenvalue weighted by atomic mass is 9.95. The molecule has 0 saturated carbocycles. The summed E-state index contributed by atoms with van der Waals surface area (Å²) in [5.74, 6) is -0.629. The van der Waals surface area contributed by atoms with E-state index in [0.29, 0.717) is 23.6 Å². The highest BCUT2D eigenvalue weighted by atomic mass is 16.4. The second-order valence-corrected chi connectivity index (χ2v) is 8.63. The average molecular weight is 416 g/mol. The number of carboxylic acids is 1. The maximum absolute atomic E-state index is 12.8. The van der Waals surface area contributed by atoms with Crippen LogP contribution >= 0.6 is 0 Å². The van der Waals surface area contributed by atoms with Gasteiger partial charge in [-0.2, -0.15) is 0 Å². The molecule has 0 fully saturated rings. The number of carbonyl (C=O) groups excluding carboxylic acids is 1. The third kappa shape index (κ3) is 9.60. The molecule has 0 aromatic heterocycles. The minimum Gasteiger partial charge on any atom is -0.478 e. The number of rotatable bonds is 15. The third-order valence-electron chi connectivity index (χ3n) is 5.40. The van der Waals surface area contributed by atoms with E-state index < -0.39 is 5.97 Å². The second kappa shape index (κ2) is 14.8. The number of amides is 1.